The molecular weight excluding hydrogens is 322 g/mol. The lowest BCUT2D eigenvalue weighted by Gasteiger charge is -2.34. The van der Waals surface area contributed by atoms with Crippen LogP contribution < -0.4 is 0 Å². The van der Waals surface area contributed by atoms with Gasteiger partial charge in [0.2, 0.25) is 0 Å². The van der Waals surface area contributed by atoms with Gasteiger partial charge in [0.05, 0.1) is 0 Å². The van der Waals surface area contributed by atoms with E-state index in [9.17, 15) is 4.79 Å². The summed E-state index contributed by atoms with van der Waals surface area (Å²) >= 11 is 0. The number of hydrogen-bond acceptors (Lipinski definition) is 2. The predicted octanol–water partition coefficient (Wildman–Crippen LogP) is 4.32. The zero-order chi connectivity index (χ0) is 18.1. The van der Waals surface area contributed by atoms with Crippen LogP contribution in [0.4, 0.5) is 0 Å². The standard InChI is InChI=1S/C22H29N3O/c1-16-6-3-10-20(12-16)22(26)24-11-5-7-18(14-24)15-25-17(2)13-23-21(25)19-8-4-9-19/h3,6,10,12-13,18-19H,4-5,7-9,11,14-15H2,1-2H3. The van der Waals surface area contributed by atoms with Crippen LogP contribution in [0, 0.1) is 19.8 Å². The molecule has 1 unspecified atom stereocenters. The van der Waals surface area contributed by atoms with E-state index in [1.54, 1.807) is 0 Å². The highest BCUT2D eigenvalue weighted by Crippen LogP contribution is 2.36. The number of aryl methyl sites for hydroxylation is 2. The first kappa shape index (κ1) is 17.3. The van der Waals surface area contributed by atoms with Crippen LogP contribution in [0.25, 0.3) is 0 Å². The smallest absolute Gasteiger partial charge is 0.253 e. The number of imidazole rings is 1. The molecule has 0 spiro atoms. The van der Waals surface area contributed by atoms with Gasteiger partial charge in [-0.2, -0.15) is 0 Å². The molecule has 1 aliphatic carbocycles. The Kier molecular flexibility index (Phi) is 4.84. The molecule has 1 aromatic carbocycles. The number of carbonyl (C=O) groups is 1. The maximum absolute atomic E-state index is 12.9. The molecular formula is C22H29N3O. The summed E-state index contributed by atoms with van der Waals surface area (Å²) in [5, 5.41) is 0. The van der Waals surface area contributed by atoms with Crippen LogP contribution in [0.3, 0.4) is 0 Å². The second-order valence-electron chi connectivity index (χ2n) is 8.13. The second kappa shape index (κ2) is 7.26. The molecule has 1 aromatic heterocycles. The number of benzene rings is 1. The molecule has 138 valence electrons. The zero-order valence-electron chi connectivity index (χ0n) is 15.9. The number of likely N-dealkylation sites (tertiary alicyclic amines) is 1. The summed E-state index contributed by atoms with van der Waals surface area (Å²) in [6.45, 7) is 6.93. The van der Waals surface area contributed by atoms with Crippen molar-refractivity contribution in [3.8, 4) is 0 Å². The van der Waals surface area contributed by atoms with Crippen molar-refractivity contribution in [1.29, 1.82) is 0 Å². The molecule has 1 aliphatic heterocycles. The Morgan fingerprint density at radius 1 is 1.19 bits per heavy atom. The van der Waals surface area contributed by atoms with Gasteiger partial charge in [-0.25, -0.2) is 4.98 Å². The Morgan fingerprint density at radius 2 is 2.04 bits per heavy atom. The van der Waals surface area contributed by atoms with Gasteiger partial charge in [0, 0.05) is 43.0 Å². The Labute approximate surface area is 156 Å². The van der Waals surface area contributed by atoms with Gasteiger partial charge < -0.3 is 9.47 Å². The minimum atomic E-state index is 0.181. The summed E-state index contributed by atoms with van der Waals surface area (Å²) in [5.74, 6) is 2.62. The lowest BCUT2D eigenvalue weighted by Crippen LogP contribution is -2.41. The van der Waals surface area contributed by atoms with E-state index in [2.05, 4.69) is 16.4 Å². The van der Waals surface area contributed by atoms with Crippen LogP contribution >= 0.6 is 0 Å². The first-order valence-electron chi connectivity index (χ1n) is 10.00. The van der Waals surface area contributed by atoms with Gasteiger partial charge in [0.1, 0.15) is 5.82 Å². The van der Waals surface area contributed by atoms with Gasteiger partial charge in [-0.1, -0.05) is 24.1 Å². The van der Waals surface area contributed by atoms with Crippen molar-refractivity contribution in [1.82, 2.24) is 14.5 Å². The minimum Gasteiger partial charge on any atom is -0.338 e. The molecule has 1 saturated heterocycles. The SMILES string of the molecule is Cc1cccc(C(=O)N2CCCC(Cn3c(C)cnc3C3CCC3)C2)c1. The van der Waals surface area contributed by atoms with E-state index >= 15 is 0 Å². The third kappa shape index (κ3) is 3.42. The normalized spacial score (nSPS) is 20.8. The molecule has 2 fully saturated rings. The lowest BCUT2D eigenvalue weighted by atomic mass is 9.84. The van der Waals surface area contributed by atoms with Crippen LogP contribution in [0.2, 0.25) is 0 Å². The fourth-order valence-electron chi connectivity index (χ4n) is 4.33. The Hall–Kier alpha value is -2.10. The molecule has 2 heterocycles. The summed E-state index contributed by atoms with van der Waals surface area (Å²) in [4.78, 5) is 19.7. The lowest BCUT2D eigenvalue weighted by molar-refractivity contribution is 0.0661. The molecule has 2 aliphatic rings. The summed E-state index contributed by atoms with van der Waals surface area (Å²) in [6, 6.07) is 7.96. The third-order valence-corrected chi connectivity index (χ3v) is 6.07. The maximum atomic E-state index is 12.9. The van der Waals surface area contributed by atoms with E-state index in [0.29, 0.717) is 11.8 Å². The number of amides is 1. The predicted molar refractivity (Wildman–Crippen MR) is 103 cm³/mol. The Morgan fingerprint density at radius 3 is 2.77 bits per heavy atom. The average molecular weight is 351 g/mol. The first-order chi connectivity index (χ1) is 12.6. The zero-order valence-corrected chi connectivity index (χ0v) is 15.9. The van der Waals surface area contributed by atoms with Crippen molar-refractivity contribution in [2.24, 2.45) is 5.92 Å². The van der Waals surface area contributed by atoms with E-state index in [1.165, 1.54) is 37.2 Å². The van der Waals surface area contributed by atoms with Gasteiger partial charge in [-0.3, -0.25) is 4.79 Å². The monoisotopic (exact) mass is 351 g/mol. The van der Waals surface area contributed by atoms with Crippen molar-refractivity contribution in [3.63, 3.8) is 0 Å². The fraction of sp³-hybridized carbons (Fsp3) is 0.545. The van der Waals surface area contributed by atoms with Gasteiger partial charge in [0.15, 0.2) is 0 Å². The minimum absolute atomic E-state index is 0.181. The van der Waals surface area contributed by atoms with Crippen molar-refractivity contribution in [2.75, 3.05) is 13.1 Å². The Bertz CT molecular complexity index is 790. The van der Waals surface area contributed by atoms with Crippen LogP contribution in [-0.2, 0) is 6.54 Å². The molecule has 26 heavy (non-hydrogen) atoms. The van der Waals surface area contributed by atoms with E-state index in [0.717, 1.165) is 37.2 Å². The van der Waals surface area contributed by atoms with E-state index in [-0.39, 0.29) is 5.91 Å². The maximum Gasteiger partial charge on any atom is 0.253 e. The molecule has 2 aromatic rings. The second-order valence-corrected chi connectivity index (χ2v) is 8.13. The number of piperidine rings is 1. The van der Waals surface area contributed by atoms with E-state index in [4.69, 9.17) is 4.98 Å². The van der Waals surface area contributed by atoms with E-state index in [1.807, 2.05) is 37.4 Å². The van der Waals surface area contributed by atoms with Crippen molar-refractivity contribution < 1.29 is 4.79 Å². The molecule has 0 radical (unpaired) electrons. The molecule has 4 heteroatoms. The highest BCUT2D eigenvalue weighted by molar-refractivity contribution is 5.94. The molecule has 4 nitrogen and oxygen atoms in total. The van der Waals surface area contributed by atoms with Crippen LogP contribution in [-0.4, -0.2) is 33.4 Å². The van der Waals surface area contributed by atoms with Crippen molar-refractivity contribution in [3.05, 3.63) is 53.1 Å². The van der Waals surface area contributed by atoms with Crippen LogP contribution in [0.5, 0.6) is 0 Å². The van der Waals surface area contributed by atoms with Crippen molar-refractivity contribution >= 4 is 5.91 Å². The average Bonchev–Trinajstić information content (AvgIpc) is 2.94. The number of nitrogens with zero attached hydrogens (tertiary/aromatic N) is 3. The molecule has 1 atom stereocenters. The summed E-state index contributed by atoms with van der Waals surface area (Å²) in [7, 11) is 0. The quantitative estimate of drug-likeness (QED) is 0.823. The Balaban J connectivity index is 1.46. The van der Waals surface area contributed by atoms with Gasteiger partial charge >= 0.3 is 0 Å². The summed E-state index contributed by atoms with van der Waals surface area (Å²) in [6.07, 6.45) is 8.19. The topological polar surface area (TPSA) is 38.1 Å². The third-order valence-electron chi connectivity index (χ3n) is 6.07. The first-order valence-corrected chi connectivity index (χ1v) is 10.00. The number of rotatable bonds is 4. The van der Waals surface area contributed by atoms with Crippen molar-refractivity contribution in [2.45, 2.75) is 58.4 Å². The number of aromatic nitrogens is 2. The number of carbonyl (C=O) groups excluding carboxylic acids is 1. The van der Waals surface area contributed by atoms with Gasteiger partial charge in [-0.15, -0.1) is 0 Å². The highest BCUT2D eigenvalue weighted by Gasteiger charge is 2.28. The molecule has 0 bridgehead atoms. The highest BCUT2D eigenvalue weighted by atomic mass is 16.2. The van der Waals surface area contributed by atoms with Gasteiger partial charge in [0.25, 0.3) is 5.91 Å². The molecule has 4 rings (SSSR count). The largest absolute Gasteiger partial charge is 0.338 e. The summed E-state index contributed by atoms with van der Waals surface area (Å²) < 4.78 is 2.43. The summed E-state index contributed by atoms with van der Waals surface area (Å²) in [5.41, 5.74) is 3.22. The number of hydrogen-bond donors (Lipinski definition) is 0. The molecule has 1 amide bonds. The van der Waals surface area contributed by atoms with Gasteiger partial charge in [-0.05, 0) is 57.6 Å². The fourth-order valence-corrected chi connectivity index (χ4v) is 4.33. The molecule has 1 saturated carbocycles. The van der Waals surface area contributed by atoms with Crippen LogP contribution in [0.1, 0.15) is 65.5 Å². The van der Waals surface area contributed by atoms with E-state index < -0.39 is 0 Å². The molecule has 0 N–H and O–H groups in total. The van der Waals surface area contributed by atoms with Crippen LogP contribution in [0.15, 0.2) is 30.5 Å².